The summed E-state index contributed by atoms with van der Waals surface area (Å²) in [6.45, 7) is 3.23. The molecule has 1 rings (SSSR count). The number of hydrogen-bond acceptors (Lipinski definition) is 2. The first-order valence-electron chi connectivity index (χ1n) is 6.27. The molecule has 0 aliphatic heterocycles. The first-order chi connectivity index (χ1) is 8.02. The van der Waals surface area contributed by atoms with Crippen LogP contribution < -0.4 is 11.1 Å². The van der Waals surface area contributed by atoms with E-state index in [1.807, 2.05) is 6.92 Å². The molecule has 0 aromatic rings. The van der Waals surface area contributed by atoms with Gasteiger partial charge in [-0.25, -0.2) is 0 Å². The van der Waals surface area contributed by atoms with Crippen LogP contribution in [0.15, 0.2) is 4.99 Å². The number of carbonyl (C=O) groups is 1. The van der Waals surface area contributed by atoms with Gasteiger partial charge in [0.25, 0.3) is 0 Å². The number of aliphatic imine (C=N–C) groups is 1. The average molecular weight is 368 g/mol. The second kappa shape index (κ2) is 7.81. The van der Waals surface area contributed by atoms with Crippen LogP contribution in [-0.4, -0.2) is 44.0 Å². The molecule has 6 heteroatoms. The number of nitrogens with zero attached hydrogens (tertiary/aromatic N) is 2. The van der Waals surface area contributed by atoms with Crippen molar-refractivity contribution in [3.8, 4) is 0 Å². The van der Waals surface area contributed by atoms with Crippen molar-refractivity contribution in [3.05, 3.63) is 0 Å². The second-order valence-electron chi connectivity index (χ2n) is 4.92. The zero-order chi connectivity index (χ0) is 12.9. The Bertz CT molecular complexity index is 298. The predicted octanol–water partition coefficient (Wildman–Crippen LogP) is 1.18. The van der Waals surface area contributed by atoms with Gasteiger partial charge < -0.3 is 16.0 Å². The van der Waals surface area contributed by atoms with Gasteiger partial charge in [0.05, 0.1) is 12.0 Å². The van der Waals surface area contributed by atoms with Crippen LogP contribution in [0.2, 0.25) is 0 Å². The maximum atomic E-state index is 12.2. The Morgan fingerprint density at radius 3 is 2.39 bits per heavy atom. The third kappa shape index (κ3) is 4.29. The molecule has 1 saturated carbocycles. The third-order valence-electron chi connectivity index (χ3n) is 3.33. The van der Waals surface area contributed by atoms with Gasteiger partial charge in [-0.05, 0) is 19.8 Å². The Morgan fingerprint density at radius 2 is 1.94 bits per heavy atom. The van der Waals surface area contributed by atoms with Crippen LogP contribution in [0.4, 0.5) is 0 Å². The van der Waals surface area contributed by atoms with E-state index in [-0.39, 0.29) is 35.3 Å². The summed E-state index contributed by atoms with van der Waals surface area (Å²) < 4.78 is 0. The van der Waals surface area contributed by atoms with Crippen LogP contribution in [0, 0.1) is 5.41 Å². The van der Waals surface area contributed by atoms with E-state index >= 15 is 0 Å². The predicted molar refractivity (Wildman–Crippen MR) is 85.2 cm³/mol. The highest BCUT2D eigenvalue weighted by molar-refractivity contribution is 14.0. The highest BCUT2D eigenvalue weighted by atomic mass is 127. The van der Waals surface area contributed by atoms with Crippen molar-refractivity contribution >= 4 is 35.8 Å². The molecule has 3 N–H and O–H groups in total. The standard InChI is InChI=1S/C12H24N4O.HI/c1-4-14-11(13)15-9-12(7-5-6-8-12)10(17)16(2)3;/h4-9H2,1-3H3,(H3,13,14,15);1H. The quantitative estimate of drug-likeness (QED) is 0.445. The molecular weight excluding hydrogens is 343 g/mol. The molecule has 1 aliphatic rings. The van der Waals surface area contributed by atoms with Crippen LogP contribution in [0.1, 0.15) is 32.6 Å². The number of hydrogen-bond donors (Lipinski definition) is 2. The highest BCUT2D eigenvalue weighted by Crippen LogP contribution is 2.39. The van der Waals surface area contributed by atoms with Crippen LogP contribution >= 0.6 is 24.0 Å². The Morgan fingerprint density at radius 1 is 1.39 bits per heavy atom. The fourth-order valence-corrected chi connectivity index (χ4v) is 2.44. The molecular formula is C12H25IN4O. The number of carbonyl (C=O) groups excluding carboxylic acids is 1. The Kier molecular flexibility index (Phi) is 7.58. The third-order valence-corrected chi connectivity index (χ3v) is 3.33. The zero-order valence-electron chi connectivity index (χ0n) is 11.5. The van der Waals surface area contributed by atoms with Crippen LogP contribution in [-0.2, 0) is 4.79 Å². The van der Waals surface area contributed by atoms with Crippen molar-refractivity contribution in [2.24, 2.45) is 16.1 Å². The number of nitrogens with one attached hydrogen (secondary N) is 1. The monoisotopic (exact) mass is 368 g/mol. The van der Waals surface area contributed by atoms with Gasteiger partial charge in [0.1, 0.15) is 0 Å². The summed E-state index contributed by atoms with van der Waals surface area (Å²) >= 11 is 0. The zero-order valence-corrected chi connectivity index (χ0v) is 13.9. The van der Waals surface area contributed by atoms with Crippen molar-refractivity contribution in [2.75, 3.05) is 27.2 Å². The average Bonchev–Trinajstić information content (AvgIpc) is 2.75. The fraction of sp³-hybridized carbons (Fsp3) is 0.833. The SMILES string of the molecule is CCNC(N)=NCC1(C(=O)N(C)C)CCCC1.I. The van der Waals surface area contributed by atoms with Gasteiger partial charge in [-0.3, -0.25) is 9.79 Å². The number of guanidine groups is 1. The number of amides is 1. The van der Waals surface area contributed by atoms with Crippen LogP contribution in [0.25, 0.3) is 0 Å². The van der Waals surface area contributed by atoms with Gasteiger partial charge in [-0.2, -0.15) is 0 Å². The van der Waals surface area contributed by atoms with Gasteiger partial charge in [-0.15, -0.1) is 24.0 Å². The lowest BCUT2D eigenvalue weighted by Crippen LogP contribution is -2.42. The lowest BCUT2D eigenvalue weighted by Gasteiger charge is -2.29. The Balaban J connectivity index is 0.00000289. The maximum absolute atomic E-state index is 12.2. The minimum absolute atomic E-state index is 0. The topological polar surface area (TPSA) is 70.7 Å². The van der Waals surface area contributed by atoms with Crippen molar-refractivity contribution in [1.29, 1.82) is 0 Å². The van der Waals surface area contributed by atoms with Crippen molar-refractivity contribution < 1.29 is 4.79 Å². The van der Waals surface area contributed by atoms with E-state index in [2.05, 4.69) is 10.3 Å². The van der Waals surface area contributed by atoms with Crippen molar-refractivity contribution in [3.63, 3.8) is 0 Å². The number of nitrogens with two attached hydrogens (primary N) is 1. The summed E-state index contributed by atoms with van der Waals surface area (Å²) in [6.07, 6.45) is 4.06. The first-order valence-corrected chi connectivity index (χ1v) is 6.27. The second-order valence-corrected chi connectivity index (χ2v) is 4.92. The maximum Gasteiger partial charge on any atom is 0.230 e. The minimum Gasteiger partial charge on any atom is -0.370 e. The molecule has 0 unspecified atom stereocenters. The molecule has 0 radical (unpaired) electrons. The van der Waals surface area contributed by atoms with Gasteiger partial charge in [-0.1, -0.05) is 12.8 Å². The molecule has 0 heterocycles. The van der Waals surface area contributed by atoms with Crippen molar-refractivity contribution in [1.82, 2.24) is 10.2 Å². The van der Waals surface area contributed by atoms with Crippen LogP contribution in [0.5, 0.6) is 0 Å². The molecule has 18 heavy (non-hydrogen) atoms. The van der Waals surface area contributed by atoms with E-state index in [0.717, 1.165) is 32.2 Å². The molecule has 106 valence electrons. The molecule has 5 nitrogen and oxygen atoms in total. The molecule has 1 amide bonds. The van der Waals surface area contributed by atoms with Gasteiger partial charge in [0, 0.05) is 20.6 Å². The lowest BCUT2D eigenvalue weighted by atomic mass is 9.85. The van der Waals surface area contributed by atoms with E-state index in [0.29, 0.717) is 12.5 Å². The van der Waals surface area contributed by atoms with E-state index in [9.17, 15) is 4.79 Å². The molecule has 0 aromatic heterocycles. The summed E-state index contributed by atoms with van der Waals surface area (Å²) in [5.74, 6) is 0.619. The molecule has 1 fully saturated rings. The summed E-state index contributed by atoms with van der Waals surface area (Å²) in [4.78, 5) is 18.2. The van der Waals surface area contributed by atoms with E-state index in [1.165, 1.54) is 0 Å². The molecule has 0 saturated heterocycles. The summed E-state index contributed by atoms with van der Waals surface area (Å²) in [7, 11) is 3.61. The molecule has 0 spiro atoms. The van der Waals surface area contributed by atoms with E-state index in [1.54, 1.807) is 19.0 Å². The smallest absolute Gasteiger partial charge is 0.230 e. The molecule has 1 aliphatic carbocycles. The summed E-state index contributed by atoms with van der Waals surface area (Å²) in [6, 6.07) is 0. The summed E-state index contributed by atoms with van der Waals surface area (Å²) in [5, 5.41) is 2.96. The fourth-order valence-electron chi connectivity index (χ4n) is 2.44. The van der Waals surface area contributed by atoms with Crippen molar-refractivity contribution in [2.45, 2.75) is 32.6 Å². The van der Waals surface area contributed by atoms with Gasteiger partial charge >= 0.3 is 0 Å². The normalized spacial score (nSPS) is 18.1. The van der Waals surface area contributed by atoms with E-state index in [4.69, 9.17) is 5.73 Å². The summed E-state index contributed by atoms with van der Waals surface area (Å²) in [5.41, 5.74) is 5.40. The largest absolute Gasteiger partial charge is 0.370 e. The van der Waals surface area contributed by atoms with E-state index < -0.39 is 0 Å². The first kappa shape index (κ1) is 17.5. The lowest BCUT2D eigenvalue weighted by molar-refractivity contribution is -0.138. The number of halogens is 1. The van der Waals surface area contributed by atoms with Gasteiger partial charge in [0.15, 0.2) is 5.96 Å². The van der Waals surface area contributed by atoms with Crippen LogP contribution in [0.3, 0.4) is 0 Å². The Hall–Kier alpha value is -0.530. The molecule has 0 aromatic carbocycles. The minimum atomic E-state index is -0.316. The number of rotatable bonds is 4. The molecule has 0 atom stereocenters. The Labute approximate surface area is 127 Å². The molecule has 0 bridgehead atoms. The van der Waals surface area contributed by atoms with Gasteiger partial charge in [0.2, 0.25) is 5.91 Å². The highest BCUT2D eigenvalue weighted by Gasteiger charge is 2.41.